The van der Waals surface area contributed by atoms with Gasteiger partial charge in [0.05, 0.1) is 0 Å². The molecule has 4 heteroatoms. The number of pyridine rings is 1. The van der Waals surface area contributed by atoms with Crippen LogP contribution in [0.4, 0.5) is 5.82 Å². The van der Waals surface area contributed by atoms with Gasteiger partial charge in [0.15, 0.2) is 0 Å². The standard InChI is InChI=1S/C16H21N3S/c1-3-17-12(2)13-4-5-16(18-10-13)19-8-6-15-14(11-19)7-9-20-15/h4-5,7,9-10,12,17H,3,6,8,11H2,1-2H3. The van der Waals surface area contributed by atoms with Crippen molar-refractivity contribution in [2.75, 3.05) is 18.0 Å². The molecule has 0 saturated carbocycles. The van der Waals surface area contributed by atoms with Gasteiger partial charge in [-0.2, -0.15) is 0 Å². The van der Waals surface area contributed by atoms with Gasteiger partial charge >= 0.3 is 0 Å². The molecule has 1 atom stereocenters. The fraction of sp³-hybridized carbons (Fsp3) is 0.438. The summed E-state index contributed by atoms with van der Waals surface area (Å²) in [6, 6.07) is 6.96. The second kappa shape index (κ2) is 5.94. The first-order chi connectivity index (χ1) is 9.78. The van der Waals surface area contributed by atoms with Crippen LogP contribution in [0.5, 0.6) is 0 Å². The van der Waals surface area contributed by atoms with Crippen LogP contribution < -0.4 is 10.2 Å². The SMILES string of the molecule is CCNC(C)c1ccc(N2CCc3sccc3C2)nc1. The Hall–Kier alpha value is -1.39. The van der Waals surface area contributed by atoms with Gasteiger partial charge in [0.1, 0.15) is 5.82 Å². The van der Waals surface area contributed by atoms with E-state index in [2.05, 4.69) is 52.6 Å². The predicted octanol–water partition coefficient (Wildman–Crippen LogP) is 3.38. The molecule has 2 aromatic rings. The van der Waals surface area contributed by atoms with E-state index in [9.17, 15) is 0 Å². The number of hydrogen-bond acceptors (Lipinski definition) is 4. The lowest BCUT2D eigenvalue weighted by molar-refractivity contribution is 0.596. The molecule has 106 valence electrons. The summed E-state index contributed by atoms with van der Waals surface area (Å²) in [6.07, 6.45) is 3.15. The highest BCUT2D eigenvalue weighted by Crippen LogP contribution is 2.27. The van der Waals surface area contributed by atoms with Crippen molar-refractivity contribution in [1.29, 1.82) is 0 Å². The van der Waals surface area contributed by atoms with Gasteiger partial charge in [-0.3, -0.25) is 0 Å². The maximum absolute atomic E-state index is 4.65. The fourth-order valence-corrected chi connectivity index (χ4v) is 3.60. The molecule has 0 bridgehead atoms. The first-order valence-electron chi connectivity index (χ1n) is 7.27. The molecular weight excluding hydrogens is 266 g/mol. The van der Waals surface area contributed by atoms with E-state index in [1.165, 1.54) is 11.1 Å². The smallest absolute Gasteiger partial charge is 0.128 e. The van der Waals surface area contributed by atoms with Gasteiger partial charge in [0.2, 0.25) is 0 Å². The number of fused-ring (bicyclic) bond motifs is 1. The number of thiophene rings is 1. The summed E-state index contributed by atoms with van der Waals surface area (Å²) < 4.78 is 0. The zero-order valence-corrected chi connectivity index (χ0v) is 12.9. The Bertz CT molecular complexity index is 561. The van der Waals surface area contributed by atoms with Gasteiger partial charge in [0, 0.05) is 30.2 Å². The van der Waals surface area contributed by atoms with Crippen LogP contribution in [0.15, 0.2) is 29.8 Å². The first kappa shape index (κ1) is 13.6. The summed E-state index contributed by atoms with van der Waals surface area (Å²) in [4.78, 5) is 8.56. The van der Waals surface area contributed by atoms with Crippen molar-refractivity contribution >= 4 is 17.2 Å². The highest BCUT2D eigenvalue weighted by molar-refractivity contribution is 7.10. The molecule has 0 spiro atoms. The van der Waals surface area contributed by atoms with E-state index < -0.39 is 0 Å². The summed E-state index contributed by atoms with van der Waals surface area (Å²) in [6.45, 7) is 7.36. The Labute approximate surface area is 124 Å². The van der Waals surface area contributed by atoms with Gasteiger partial charge in [-0.25, -0.2) is 4.98 Å². The third-order valence-electron chi connectivity index (χ3n) is 3.91. The molecule has 3 rings (SSSR count). The van der Waals surface area contributed by atoms with Crippen LogP contribution in [-0.4, -0.2) is 18.1 Å². The molecule has 1 aliphatic heterocycles. The van der Waals surface area contributed by atoms with Crippen LogP contribution >= 0.6 is 11.3 Å². The zero-order chi connectivity index (χ0) is 13.9. The third-order valence-corrected chi connectivity index (χ3v) is 4.94. The highest BCUT2D eigenvalue weighted by Gasteiger charge is 2.18. The highest BCUT2D eigenvalue weighted by atomic mass is 32.1. The minimum Gasteiger partial charge on any atom is -0.352 e. The maximum atomic E-state index is 4.65. The number of anilines is 1. The third kappa shape index (κ3) is 2.72. The molecule has 1 unspecified atom stereocenters. The minimum absolute atomic E-state index is 0.367. The van der Waals surface area contributed by atoms with Crippen molar-refractivity contribution in [3.05, 3.63) is 45.8 Å². The molecular formula is C16H21N3S. The Morgan fingerprint density at radius 3 is 3.05 bits per heavy atom. The minimum atomic E-state index is 0.367. The Balaban J connectivity index is 1.72. The van der Waals surface area contributed by atoms with Crippen molar-refractivity contribution in [2.24, 2.45) is 0 Å². The molecule has 3 heterocycles. The van der Waals surface area contributed by atoms with E-state index >= 15 is 0 Å². The lowest BCUT2D eigenvalue weighted by Gasteiger charge is -2.28. The second-order valence-corrected chi connectivity index (χ2v) is 6.27. The summed E-state index contributed by atoms with van der Waals surface area (Å²) >= 11 is 1.88. The summed E-state index contributed by atoms with van der Waals surface area (Å²) in [7, 11) is 0. The number of nitrogens with one attached hydrogen (secondary N) is 1. The van der Waals surface area contributed by atoms with Crippen molar-refractivity contribution < 1.29 is 0 Å². The Morgan fingerprint density at radius 1 is 1.40 bits per heavy atom. The van der Waals surface area contributed by atoms with Crippen molar-refractivity contribution in [3.8, 4) is 0 Å². The van der Waals surface area contributed by atoms with Crippen LogP contribution in [0.3, 0.4) is 0 Å². The summed E-state index contributed by atoms with van der Waals surface area (Å²) in [5.74, 6) is 1.09. The molecule has 0 radical (unpaired) electrons. The van der Waals surface area contributed by atoms with Gasteiger partial charge in [-0.15, -0.1) is 11.3 Å². The number of hydrogen-bond donors (Lipinski definition) is 1. The van der Waals surface area contributed by atoms with E-state index in [-0.39, 0.29) is 0 Å². The van der Waals surface area contributed by atoms with Gasteiger partial charge in [0.25, 0.3) is 0 Å². The molecule has 2 aromatic heterocycles. The van der Waals surface area contributed by atoms with Crippen LogP contribution in [-0.2, 0) is 13.0 Å². The molecule has 0 aromatic carbocycles. The second-order valence-electron chi connectivity index (χ2n) is 5.27. The fourth-order valence-electron chi connectivity index (χ4n) is 2.71. The number of nitrogens with zero attached hydrogens (tertiary/aromatic N) is 2. The van der Waals surface area contributed by atoms with E-state index in [1.54, 1.807) is 4.88 Å². The molecule has 3 nitrogen and oxygen atoms in total. The lowest BCUT2D eigenvalue weighted by Crippen LogP contribution is -2.30. The lowest BCUT2D eigenvalue weighted by atomic mass is 10.1. The van der Waals surface area contributed by atoms with Crippen LogP contribution in [0.1, 0.15) is 35.9 Å². The molecule has 0 amide bonds. The van der Waals surface area contributed by atoms with Crippen LogP contribution in [0.2, 0.25) is 0 Å². The quantitative estimate of drug-likeness (QED) is 0.934. The summed E-state index contributed by atoms with van der Waals surface area (Å²) in [5.41, 5.74) is 2.72. The van der Waals surface area contributed by atoms with Gasteiger partial charge in [-0.05, 0) is 48.5 Å². The van der Waals surface area contributed by atoms with Crippen LogP contribution in [0, 0.1) is 0 Å². The Morgan fingerprint density at radius 2 is 2.30 bits per heavy atom. The molecule has 0 saturated heterocycles. The van der Waals surface area contributed by atoms with E-state index in [1.807, 2.05) is 17.5 Å². The monoisotopic (exact) mass is 287 g/mol. The molecule has 1 N–H and O–H groups in total. The maximum Gasteiger partial charge on any atom is 0.128 e. The summed E-state index contributed by atoms with van der Waals surface area (Å²) in [5, 5.41) is 5.62. The molecule has 1 aliphatic rings. The van der Waals surface area contributed by atoms with Crippen LogP contribution in [0.25, 0.3) is 0 Å². The average Bonchev–Trinajstić information content (AvgIpc) is 2.95. The van der Waals surface area contributed by atoms with E-state index in [0.717, 1.165) is 31.9 Å². The van der Waals surface area contributed by atoms with E-state index in [4.69, 9.17) is 0 Å². The first-order valence-corrected chi connectivity index (χ1v) is 8.15. The van der Waals surface area contributed by atoms with Crippen molar-refractivity contribution in [2.45, 2.75) is 32.9 Å². The van der Waals surface area contributed by atoms with E-state index in [0.29, 0.717) is 6.04 Å². The molecule has 0 fully saturated rings. The zero-order valence-electron chi connectivity index (χ0n) is 12.1. The number of aromatic nitrogens is 1. The van der Waals surface area contributed by atoms with Crippen molar-refractivity contribution in [3.63, 3.8) is 0 Å². The normalized spacial score (nSPS) is 16.0. The van der Waals surface area contributed by atoms with Gasteiger partial charge in [-0.1, -0.05) is 13.0 Å². The molecule has 20 heavy (non-hydrogen) atoms. The predicted molar refractivity (Wildman–Crippen MR) is 85.4 cm³/mol. The number of rotatable bonds is 4. The Kier molecular flexibility index (Phi) is 4.03. The molecule has 0 aliphatic carbocycles. The van der Waals surface area contributed by atoms with Gasteiger partial charge < -0.3 is 10.2 Å². The van der Waals surface area contributed by atoms with Crippen molar-refractivity contribution in [1.82, 2.24) is 10.3 Å². The largest absolute Gasteiger partial charge is 0.352 e. The average molecular weight is 287 g/mol. The topological polar surface area (TPSA) is 28.2 Å².